The van der Waals surface area contributed by atoms with Crippen LogP contribution in [0.4, 0.5) is 0 Å². The van der Waals surface area contributed by atoms with Gasteiger partial charge in [0.2, 0.25) is 0 Å². The minimum absolute atomic E-state index is 0. The number of guanidine groups is 1. The van der Waals surface area contributed by atoms with E-state index in [4.69, 9.17) is 4.99 Å². The highest BCUT2D eigenvalue weighted by Gasteiger charge is 2.33. The fourth-order valence-electron chi connectivity index (χ4n) is 2.91. The summed E-state index contributed by atoms with van der Waals surface area (Å²) in [5.41, 5.74) is 0. The second-order valence-electron chi connectivity index (χ2n) is 6.65. The van der Waals surface area contributed by atoms with Gasteiger partial charge in [-0.3, -0.25) is 4.99 Å². The van der Waals surface area contributed by atoms with Crippen LogP contribution in [0.1, 0.15) is 46.5 Å². The van der Waals surface area contributed by atoms with E-state index in [-0.39, 0.29) is 24.0 Å². The molecule has 2 fully saturated rings. The standard InChI is InChI=1S/C16H32N4.HI/c1-4-17-16(19-15-10-14(15)3)18-11-13(2)12-20-8-6-5-7-9-20;/h13-15H,4-12H2,1-3H3,(H2,17,18,19);1H. The Morgan fingerprint density at radius 1 is 1.29 bits per heavy atom. The monoisotopic (exact) mass is 408 g/mol. The van der Waals surface area contributed by atoms with Crippen LogP contribution in [0.5, 0.6) is 0 Å². The molecule has 124 valence electrons. The number of nitrogens with zero attached hydrogens (tertiary/aromatic N) is 2. The van der Waals surface area contributed by atoms with Crippen molar-refractivity contribution in [2.24, 2.45) is 16.8 Å². The highest BCUT2D eigenvalue weighted by atomic mass is 127. The highest BCUT2D eigenvalue weighted by molar-refractivity contribution is 14.0. The van der Waals surface area contributed by atoms with Crippen LogP contribution in [0.15, 0.2) is 4.99 Å². The van der Waals surface area contributed by atoms with Crippen LogP contribution in [-0.2, 0) is 0 Å². The molecule has 2 rings (SSSR count). The Balaban J connectivity index is 0.00000220. The lowest BCUT2D eigenvalue weighted by atomic mass is 10.1. The van der Waals surface area contributed by atoms with Crippen LogP contribution in [0.2, 0.25) is 0 Å². The zero-order chi connectivity index (χ0) is 14.4. The van der Waals surface area contributed by atoms with Crippen LogP contribution in [0.25, 0.3) is 0 Å². The number of likely N-dealkylation sites (tertiary alicyclic amines) is 1. The molecule has 0 aromatic carbocycles. The van der Waals surface area contributed by atoms with Crippen molar-refractivity contribution in [2.45, 2.75) is 52.5 Å². The van der Waals surface area contributed by atoms with Crippen LogP contribution in [-0.4, -0.2) is 49.6 Å². The summed E-state index contributed by atoms with van der Waals surface area (Å²) in [5, 5.41) is 6.88. The van der Waals surface area contributed by atoms with E-state index in [1.807, 2.05) is 0 Å². The topological polar surface area (TPSA) is 39.7 Å². The molecule has 4 nitrogen and oxygen atoms in total. The Bertz CT molecular complexity index is 315. The zero-order valence-electron chi connectivity index (χ0n) is 13.9. The van der Waals surface area contributed by atoms with Crippen LogP contribution in [0.3, 0.4) is 0 Å². The number of piperidine rings is 1. The van der Waals surface area contributed by atoms with Crippen LogP contribution >= 0.6 is 24.0 Å². The van der Waals surface area contributed by atoms with Crippen molar-refractivity contribution in [1.82, 2.24) is 15.5 Å². The molecule has 0 aromatic heterocycles. The highest BCUT2D eigenvalue weighted by Crippen LogP contribution is 2.28. The molecule has 0 radical (unpaired) electrons. The molecular formula is C16H33IN4. The van der Waals surface area contributed by atoms with Gasteiger partial charge in [0.1, 0.15) is 0 Å². The molecule has 1 aliphatic heterocycles. The van der Waals surface area contributed by atoms with Crippen molar-refractivity contribution in [1.29, 1.82) is 0 Å². The molecule has 1 aliphatic carbocycles. The Kier molecular flexibility index (Phi) is 8.94. The predicted molar refractivity (Wildman–Crippen MR) is 102 cm³/mol. The molecule has 0 spiro atoms. The molecule has 1 saturated carbocycles. The Labute approximate surface area is 147 Å². The summed E-state index contributed by atoms with van der Waals surface area (Å²) >= 11 is 0. The first-order valence-corrected chi connectivity index (χ1v) is 8.46. The van der Waals surface area contributed by atoms with E-state index in [0.717, 1.165) is 25.0 Å². The lowest BCUT2D eigenvalue weighted by Crippen LogP contribution is -2.40. The summed E-state index contributed by atoms with van der Waals surface area (Å²) in [6.45, 7) is 12.4. The Morgan fingerprint density at radius 3 is 2.52 bits per heavy atom. The van der Waals surface area contributed by atoms with E-state index in [1.54, 1.807) is 0 Å². The third-order valence-corrected chi connectivity index (χ3v) is 4.36. The molecule has 2 N–H and O–H groups in total. The lowest BCUT2D eigenvalue weighted by Gasteiger charge is -2.28. The van der Waals surface area contributed by atoms with E-state index >= 15 is 0 Å². The minimum Gasteiger partial charge on any atom is -0.357 e. The van der Waals surface area contributed by atoms with Crippen molar-refractivity contribution in [2.75, 3.05) is 32.7 Å². The van der Waals surface area contributed by atoms with Crippen molar-refractivity contribution in [3.63, 3.8) is 0 Å². The second-order valence-corrected chi connectivity index (χ2v) is 6.65. The summed E-state index contributed by atoms with van der Waals surface area (Å²) in [6, 6.07) is 0.644. The predicted octanol–water partition coefficient (Wildman–Crippen LogP) is 2.69. The summed E-state index contributed by atoms with van der Waals surface area (Å²) in [7, 11) is 0. The summed E-state index contributed by atoms with van der Waals surface area (Å²) in [4.78, 5) is 7.37. The van der Waals surface area contributed by atoms with Gasteiger partial charge in [-0.2, -0.15) is 0 Å². The van der Waals surface area contributed by atoms with E-state index in [9.17, 15) is 0 Å². The van der Waals surface area contributed by atoms with Crippen molar-refractivity contribution < 1.29 is 0 Å². The Morgan fingerprint density at radius 2 is 1.95 bits per heavy atom. The van der Waals surface area contributed by atoms with E-state index in [1.165, 1.54) is 45.3 Å². The van der Waals surface area contributed by atoms with Gasteiger partial charge in [-0.05, 0) is 51.1 Å². The van der Waals surface area contributed by atoms with Gasteiger partial charge in [0.05, 0.1) is 0 Å². The van der Waals surface area contributed by atoms with Crippen molar-refractivity contribution in [3.8, 4) is 0 Å². The molecule has 2 aliphatic rings. The SMILES string of the molecule is CCNC(=NCC(C)CN1CCCCC1)NC1CC1C.I. The maximum atomic E-state index is 4.76. The van der Waals surface area contributed by atoms with Gasteiger partial charge in [0, 0.05) is 25.7 Å². The fraction of sp³-hybridized carbons (Fsp3) is 0.938. The molecule has 1 heterocycles. The van der Waals surface area contributed by atoms with Gasteiger partial charge in [0.25, 0.3) is 0 Å². The molecule has 5 heteroatoms. The smallest absolute Gasteiger partial charge is 0.191 e. The number of hydrogen-bond donors (Lipinski definition) is 2. The molecular weight excluding hydrogens is 375 g/mol. The molecule has 0 aromatic rings. The fourth-order valence-corrected chi connectivity index (χ4v) is 2.91. The van der Waals surface area contributed by atoms with Crippen molar-refractivity contribution >= 4 is 29.9 Å². The first-order valence-electron chi connectivity index (χ1n) is 8.46. The number of nitrogens with one attached hydrogen (secondary N) is 2. The maximum absolute atomic E-state index is 4.76. The van der Waals surface area contributed by atoms with Crippen LogP contribution in [0, 0.1) is 11.8 Å². The number of rotatable bonds is 6. The van der Waals surface area contributed by atoms with E-state index in [0.29, 0.717) is 12.0 Å². The van der Waals surface area contributed by atoms with Gasteiger partial charge >= 0.3 is 0 Å². The first kappa shape index (κ1) is 19.0. The Hall–Kier alpha value is -0.0400. The van der Waals surface area contributed by atoms with Gasteiger partial charge in [-0.25, -0.2) is 0 Å². The van der Waals surface area contributed by atoms with Gasteiger partial charge in [0.15, 0.2) is 5.96 Å². The molecule has 1 saturated heterocycles. The normalized spacial score (nSPS) is 27.7. The molecule has 3 unspecified atom stereocenters. The first-order chi connectivity index (χ1) is 9.69. The van der Waals surface area contributed by atoms with E-state index in [2.05, 4.69) is 36.3 Å². The molecule has 0 bridgehead atoms. The minimum atomic E-state index is 0. The maximum Gasteiger partial charge on any atom is 0.191 e. The third-order valence-electron chi connectivity index (χ3n) is 4.36. The largest absolute Gasteiger partial charge is 0.357 e. The number of aliphatic imine (C=N–C) groups is 1. The third kappa shape index (κ3) is 7.17. The van der Waals surface area contributed by atoms with Crippen LogP contribution < -0.4 is 10.6 Å². The molecule has 0 amide bonds. The lowest BCUT2D eigenvalue weighted by molar-refractivity contribution is 0.203. The van der Waals surface area contributed by atoms with Gasteiger partial charge in [-0.1, -0.05) is 20.3 Å². The quantitative estimate of drug-likeness (QED) is 0.403. The number of hydrogen-bond acceptors (Lipinski definition) is 2. The average Bonchev–Trinajstić information content (AvgIpc) is 3.13. The summed E-state index contributed by atoms with van der Waals surface area (Å²) in [5.74, 6) is 2.46. The summed E-state index contributed by atoms with van der Waals surface area (Å²) in [6.07, 6.45) is 5.45. The van der Waals surface area contributed by atoms with Gasteiger partial charge in [-0.15, -0.1) is 24.0 Å². The zero-order valence-corrected chi connectivity index (χ0v) is 16.2. The van der Waals surface area contributed by atoms with E-state index < -0.39 is 0 Å². The molecule has 21 heavy (non-hydrogen) atoms. The summed E-state index contributed by atoms with van der Waals surface area (Å²) < 4.78 is 0. The van der Waals surface area contributed by atoms with Gasteiger partial charge < -0.3 is 15.5 Å². The number of halogens is 1. The second kappa shape index (κ2) is 9.87. The van der Waals surface area contributed by atoms with Crippen molar-refractivity contribution in [3.05, 3.63) is 0 Å². The molecule has 3 atom stereocenters. The average molecular weight is 408 g/mol.